The molecule has 0 saturated heterocycles. The summed E-state index contributed by atoms with van der Waals surface area (Å²) in [5.41, 5.74) is 12.0. The molecule has 0 bridgehead atoms. The van der Waals surface area contributed by atoms with Gasteiger partial charge in [0.2, 0.25) is 0 Å². The minimum absolute atomic E-state index is 0.252. The first-order chi connectivity index (χ1) is 11.5. The fourth-order valence-electron chi connectivity index (χ4n) is 2.87. The van der Waals surface area contributed by atoms with Gasteiger partial charge in [0.05, 0.1) is 6.04 Å². The summed E-state index contributed by atoms with van der Waals surface area (Å²) in [5, 5.41) is 2.79. The summed E-state index contributed by atoms with van der Waals surface area (Å²) in [5.74, 6) is 0. The molecule has 0 aliphatic carbocycles. The van der Waals surface area contributed by atoms with Crippen LogP contribution in [0.2, 0.25) is 0 Å². The average Bonchev–Trinajstić information content (AvgIpc) is 2.42. The second-order valence-electron chi connectivity index (χ2n) is 7.66. The number of aryl methyl sites for hydroxylation is 3. The van der Waals surface area contributed by atoms with E-state index < -0.39 is 11.7 Å². The second kappa shape index (κ2) is 7.28. The van der Waals surface area contributed by atoms with E-state index in [1.807, 2.05) is 45.9 Å². The molecule has 4 heteroatoms. The highest BCUT2D eigenvalue weighted by molar-refractivity contribution is 5.85. The summed E-state index contributed by atoms with van der Waals surface area (Å²) >= 11 is 0. The number of hydrogen-bond acceptors (Lipinski definition) is 3. The lowest BCUT2D eigenvalue weighted by atomic mass is 9.95. The van der Waals surface area contributed by atoms with Crippen LogP contribution in [0.1, 0.15) is 54.6 Å². The quantitative estimate of drug-likeness (QED) is 0.826. The lowest BCUT2D eigenvalue weighted by Gasteiger charge is -2.20. The maximum absolute atomic E-state index is 12.0. The number of nitrogens with two attached hydrogens (primary N) is 1. The molecule has 0 aromatic heterocycles. The van der Waals surface area contributed by atoms with Crippen LogP contribution < -0.4 is 11.1 Å². The third-order valence-corrected chi connectivity index (χ3v) is 3.71. The SMILES string of the molecule is Cc1cc(C)cc(C(N)c2cc(C)cc(NC(=O)OC(C)(C)C)c2)c1. The van der Waals surface area contributed by atoms with Crippen molar-refractivity contribution in [2.75, 3.05) is 5.32 Å². The number of anilines is 1. The minimum atomic E-state index is -0.535. The molecule has 0 aliphatic heterocycles. The first kappa shape index (κ1) is 19.0. The molecule has 2 aromatic carbocycles. The average molecular weight is 340 g/mol. The summed E-state index contributed by atoms with van der Waals surface area (Å²) in [6.45, 7) is 11.6. The third kappa shape index (κ3) is 5.61. The van der Waals surface area contributed by atoms with Crippen molar-refractivity contribution in [3.05, 3.63) is 64.2 Å². The molecule has 2 aromatic rings. The Kier molecular flexibility index (Phi) is 5.53. The zero-order chi connectivity index (χ0) is 18.8. The minimum Gasteiger partial charge on any atom is -0.444 e. The van der Waals surface area contributed by atoms with E-state index >= 15 is 0 Å². The maximum Gasteiger partial charge on any atom is 0.412 e. The fourth-order valence-corrected chi connectivity index (χ4v) is 2.87. The van der Waals surface area contributed by atoms with Gasteiger partial charge in [-0.05, 0) is 70.4 Å². The van der Waals surface area contributed by atoms with Gasteiger partial charge in [0.15, 0.2) is 0 Å². The number of nitrogens with one attached hydrogen (secondary N) is 1. The number of carbonyl (C=O) groups is 1. The van der Waals surface area contributed by atoms with E-state index in [1.165, 1.54) is 11.1 Å². The van der Waals surface area contributed by atoms with Gasteiger partial charge < -0.3 is 10.5 Å². The van der Waals surface area contributed by atoms with Crippen molar-refractivity contribution in [1.82, 2.24) is 0 Å². The van der Waals surface area contributed by atoms with Crippen molar-refractivity contribution in [3.8, 4) is 0 Å². The Labute approximate surface area is 150 Å². The Balaban J connectivity index is 2.27. The van der Waals surface area contributed by atoms with Crippen LogP contribution in [0.3, 0.4) is 0 Å². The molecule has 1 unspecified atom stereocenters. The van der Waals surface area contributed by atoms with Crippen LogP contribution in [0.15, 0.2) is 36.4 Å². The Hall–Kier alpha value is -2.33. The molecule has 134 valence electrons. The van der Waals surface area contributed by atoms with Gasteiger partial charge in [0.1, 0.15) is 5.60 Å². The molecule has 3 N–H and O–H groups in total. The van der Waals surface area contributed by atoms with E-state index in [2.05, 4.69) is 37.4 Å². The van der Waals surface area contributed by atoms with Gasteiger partial charge in [-0.3, -0.25) is 5.32 Å². The second-order valence-corrected chi connectivity index (χ2v) is 7.66. The van der Waals surface area contributed by atoms with Crippen molar-refractivity contribution in [2.45, 2.75) is 53.2 Å². The summed E-state index contributed by atoms with van der Waals surface area (Å²) in [4.78, 5) is 12.0. The van der Waals surface area contributed by atoms with E-state index in [1.54, 1.807) is 0 Å². The summed E-state index contributed by atoms with van der Waals surface area (Å²) in [6, 6.07) is 11.9. The topological polar surface area (TPSA) is 64.3 Å². The van der Waals surface area contributed by atoms with Crippen molar-refractivity contribution in [3.63, 3.8) is 0 Å². The van der Waals surface area contributed by atoms with E-state index in [9.17, 15) is 4.79 Å². The molecule has 0 spiro atoms. The van der Waals surface area contributed by atoms with Gasteiger partial charge in [-0.25, -0.2) is 4.79 Å². The summed E-state index contributed by atoms with van der Waals surface area (Å²) < 4.78 is 5.32. The van der Waals surface area contributed by atoms with Crippen LogP contribution >= 0.6 is 0 Å². The molecule has 0 fully saturated rings. The van der Waals surface area contributed by atoms with Crippen LogP contribution in [0.4, 0.5) is 10.5 Å². The van der Waals surface area contributed by atoms with Crippen molar-refractivity contribution < 1.29 is 9.53 Å². The molecular formula is C21H28N2O2. The highest BCUT2D eigenvalue weighted by Gasteiger charge is 2.17. The van der Waals surface area contributed by atoms with E-state index in [-0.39, 0.29) is 6.04 Å². The summed E-state index contributed by atoms with van der Waals surface area (Å²) in [7, 11) is 0. The standard InChI is InChI=1S/C21H28N2O2/c1-13-7-14(2)9-16(8-13)19(22)17-10-15(3)11-18(12-17)23-20(24)25-21(4,5)6/h7-12,19H,22H2,1-6H3,(H,23,24). The monoisotopic (exact) mass is 340 g/mol. The predicted molar refractivity (Wildman–Crippen MR) is 103 cm³/mol. The number of ether oxygens (including phenoxy) is 1. The molecular weight excluding hydrogens is 312 g/mol. The van der Waals surface area contributed by atoms with Gasteiger partial charge in [0.25, 0.3) is 0 Å². The van der Waals surface area contributed by atoms with Gasteiger partial charge in [-0.1, -0.05) is 35.4 Å². The molecule has 25 heavy (non-hydrogen) atoms. The van der Waals surface area contributed by atoms with Crippen molar-refractivity contribution >= 4 is 11.8 Å². The number of hydrogen-bond donors (Lipinski definition) is 2. The van der Waals surface area contributed by atoms with E-state index in [0.717, 1.165) is 16.7 Å². The zero-order valence-corrected chi connectivity index (χ0v) is 15.9. The molecule has 1 amide bonds. The first-order valence-electron chi connectivity index (χ1n) is 8.49. The van der Waals surface area contributed by atoms with Gasteiger partial charge in [0, 0.05) is 5.69 Å². The Morgan fingerprint density at radius 1 is 0.920 bits per heavy atom. The maximum atomic E-state index is 12.0. The smallest absolute Gasteiger partial charge is 0.412 e. The first-order valence-corrected chi connectivity index (χ1v) is 8.49. The van der Waals surface area contributed by atoms with Gasteiger partial charge in [-0.2, -0.15) is 0 Å². The zero-order valence-electron chi connectivity index (χ0n) is 15.9. The van der Waals surface area contributed by atoms with Crippen LogP contribution in [0.25, 0.3) is 0 Å². The number of benzene rings is 2. The Morgan fingerprint density at radius 3 is 1.92 bits per heavy atom. The number of rotatable bonds is 3. The Bertz CT molecular complexity index is 756. The highest BCUT2D eigenvalue weighted by Crippen LogP contribution is 2.26. The molecule has 2 rings (SSSR count). The molecule has 0 aliphatic rings. The fraction of sp³-hybridized carbons (Fsp3) is 0.381. The molecule has 1 atom stereocenters. The van der Waals surface area contributed by atoms with Crippen molar-refractivity contribution in [1.29, 1.82) is 0 Å². The highest BCUT2D eigenvalue weighted by atomic mass is 16.6. The largest absolute Gasteiger partial charge is 0.444 e. The van der Waals surface area contributed by atoms with Crippen LogP contribution in [0.5, 0.6) is 0 Å². The van der Waals surface area contributed by atoms with Crippen molar-refractivity contribution in [2.24, 2.45) is 5.73 Å². The summed E-state index contributed by atoms with van der Waals surface area (Å²) in [6.07, 6.45) is -0.468. The lowest BCUT2D eigenvalue weighted by Crippen LogP contribution is -2.27. The van der Waals surface area contributed by atoms with Gasteiger partial charge in [-0.15, -0.1) is 0 Å². The van der Waals surface area contributed by atoms with Crippen LogP contribution in [-0.2, 0) is 4.74 Å². The molecule has 0 saturated carbocycles. The van der Waals surface area contributed by atoms with Crippen LogP contribution in [-0.4, -0.2) is 11.7 Å². The van der Waals surface area contributed by atoms with E-state index in [0.29, 0.717) is 5.69 Å². The third-order valence-electron chi connectivity index (χ3n) is 3.71. The van der Waals surface area contributed by atoms with E-state index in [4.69, 9.17) is 10.5 Å². The number of amides is 1. The molecule has 0 radical (unpaired) electrons. The van der Waals surface area contributed by atoms with Gasteiger partial charge >= 0.3 is 6.09 Å². The Morgan fingerprint density at radius 2 is 1.40 bits per heavy atom. The van der Waals surface area contributed by atoms with Crippen LogP contribution in [0, 0.1) is 20.8 Å². The lowest BCUT2D eigenvalue weighted by molar-refractivity contribution is 0.0636. The molecule has 0 heterocycles. The normalized spacial score (nSPS) is 12.6. The molecule has 4 nitrogen and oxygen atoms in total. The predicted octanol–water partition coefficient (Wildman–Crippen LogP) is 5.01. The number of carbonyl (C=O) groups excluding carboxylic acids is 1.